The molecule has 0 spiro atoms. The number of nitrogens with zero attached hydrogens (tertiary/aromatic N) is 6. The van der Waals surface area contributed by atoms with Crippen molar-refractivity contribution < 1.29 is 0 Å². The maximum Gasteiger partial charge on any atom is 0.173 e. The van der Waals surface area contributed by atoms with Crippen molar-refractivity contribution in [2.24, 2.45) is 0 Å². The number of aromatic nitrogens is 4. The minimum Gasteiger partial charge on any atom is -0.369 e. The van der Waals surface area contributed by atoms with E-state index in [1.807, 2.05) is 10.7 Å². The van der Waals surface area contributed by atoms with Crippen LogP contribution in [0.1, 0.15) is 34.1 Å². The Hall–Kier alpha value is -3.51. The summed E-state index contributed by atoms with van der Waals surface area (Å²) in [5, 5.41) is 12.9. The Morgan fingerprint density at radius 3 is 2.21 bits per heavy atom. The van der Waals surface area contributed by atoms with Crippen molar-refractivity contribution in [3.8, 4) is 0 Å². The third-order valence-corrected chi connectivity index (χ3v) is 6.69. The quantitative estimate of drug-likeness (QED) is 0.450. The lowest BCUT2D eigenvalue weighted by Gasteiger charge is -2.40. The van der Waals surface area contributed by atoms with Crippen LogP contribution in [0.25, 0.3) is 0 Å². The molecule has 1 fully saturated rings. The summed E-state index contributed by atoms with van der Waals surface area (Å²) in [6.07, 6.45) is 0. The first kappa shape index (κ1) is 21.3. The fraction of sp³-hybridized carbons (Fsp3) is 0.296. The highest BCUT2D eigenvalue weighted by Gasteiger charge is 2.31. The number of hydrogen-bond acceptors (Lipinski definition) is 5. The number of benzene rings is 3. The standard InChI is InChI=1S/C27H30N6/c1-21-10-9-15-25(22(21)2)31-16-18-32(19-17-31)26(24-13-7-4-8-14-24)27-28-29-30-33(27)20-23-11-5-3-6-12-23/h3-15,26H,16-20H2,1-2H3/t26-/m1/s1. The van der Waals surface area contributed by atoms with E-state index in [4.69, 9.17) is 0 Å². The fourth-order valence-corrected chi connectivity index (χ4v) is 4.73. The number of piperazine rings is 1. The van der Waals surface area contributed by atoms with Crippen LogP contribution >= 0.6 is 0 Å². The van der Waals surface area contributed by atoms with Gasteiger partial charge in [0.2, 0.25) is 0 Å². The molecule has 0 bridgehead atoms. The molecule has 0 radical (unpaired) electrons. The van der Waals surface area contributed by atoms with Gasteiger partial charge in [-0.15, -0.1) is 5.10 Å². The van der Waals surface area contributed by atoms with Crippen LogP contribution in [0.5, 0.6) is 0 Å². The first-order valence-electron chi connectivity index (χ1n) is 11.6. The molecule has 6 nitrogen and oxygen atoms in total. The largest absolute Gasteiger partial charge is 0.369 e. The van der Waals surface area contributed by atoms with Gasteiger partial charge in [-0.2, -0.15) is 0 Å². The van der Waals surface area contributed by atoms with Crippen molar-refractivity contribution in [2.45, 2.75) is 26.4 Å². The molecule has 0 amide bonds. The van der Waals surface area contributed by atoms with Gasteiger partial charge in [-0.3, -0.25) is 4.90 Å². The molecule has 2 heterocycles. The Kier molecular flexibility index (Phi) is 6.17. The van der Waals surface area contributed by atoms with Crippen molar-refractivity contribution in [3.05, 3.63) is 107 Å². The molecule has 168 valence electrons. The van der Waals surface area contributed by atoms with Gasteiger partial charge in [0.05, 0.1) is 12.6 Å². The zero-order valence-electron chi connectivity index (χ0n) is 19.3. The molecule has 3 aromatic carbocycles. The van der Waals surface area contributed by atoms with E-state index in [1.165, 1.54) is 27.9 Å². The highest BCUT2D eigenvalue weighted by Crippen LogP contribution is 2.30. The van der Waals surface area contributed by atoms with Gasteiger partial charge in [0, 0.05) is 31.9 Å². The summed E-state index contributed by atoms with van der Waals surface area (Å²) in [6.45, 7) is 8.93. The molecule has 5 rings (SSSR count). The van der Waals surface area contributed by atoms with E-state index < -0.39 is 0 Å². The van der Waals surface area contributed by atoms with Gasteiger partial charge < -0.3 is 4.90 Å². The number of aryl methyl sites for hydroxylation is 1. The van der Waals surface area contributed by atoms with Crippen LogP contribution in [0.15, 0.2) is 78.9 Å². The number of tetrazole rings is 1. The van der Waals surface area contributed by atoms with E-state index in [0.29, 0.717) is 6.54 Å². The van der Waals surface area contributed by atoms with Crippen molar-refractivity contribution in [1.29, 1.82) is 0 Å². The van der Waals surface area contributed by atoms with Crippen molar-refractivity contribution in [1.82, 2.24) is 25.1 Å². The molecule has 6 heteroatoms. The number of hydrogen-bond donors (Lipinski definition) is 0. The van der Waals surface area contributed by atoms with Gasteiger partial charge >= 0.3 is 0 Å². The van der Waals surface area contributed by atoms with E-state index >= 15 is 0 Å². The fourth-order valence-electron chi connectivity index (χ4n) is 4.73. The van der Waals surface area contributed by atoms with E-state index in [2.05, 4.69) is 112 Å². The van der Waals surface area contributed by atoms with Gasteiger partial charge in [0.15, 0.2) is 5.82 Å². The van der Waals surface area contributed by atoms with Crippen molar-refractivity contribution in [2.75, 3.05) is 31.1 Å². The van der Waals surface area contributed by atoms with E-state index in [-0.39, 0.29) is 6.04 Å². The van der Waals surface area contributed by atoms with E-state index in [0.717, 1.165) is 32.0 Å². The molecule has 4 aromatic rings. The maximum absolute atomic E-state index is 4.51. The molecule has 0 saturated carbocycles. The average molecular weight is 439 g/mol. The van der Waals surface area contributed by atoms with Crippen molar-refractivity contribution in [3.63, 3.8) is 0 Å². The first-order valence-corrected chi connectivity index (χ1v) is 11.6. The predicted molar refractivity (Wildman–Crippen MR) is 131 cm³/mol. The molecule has 1 saturated heterocycles. The first-order chi connectivity index (χ1) is 16.2. The molecule has 0 N–H and O–H groups in total. The average Bonchev–Trinajstić information content (AvgIpc) is 3.30. The lowest BCUT2D eigenvalue weighted by molar-refractivity contribution is 0.201. The zero-order valence-corrected chi connectivity index (χ0v) is 19.3. The molecule has 1 aliphatic rings. The summed E-state index contributed by atoms with van der Waals surface area (Å²) >= 11 is 0. The summed E-state index contributed by atoms with van der Waals surface area (Å²) in [6, 6.07) is 27.6. The minimum absolute atomic E-state index is 0.0191. The summed E-state index contributed by atoms with van der Waals surface area (Å²) in [4.78, 5) is 5.03. The topological polar surface area (TPSA) is 50.1 Å². The zero-order chi connectivity index (χ0) is 22.6. The number of rotatable bonds is 6. The lowest BCUT2D eigenvalue weighted by atomic mass is 10.0. The van der Waals surface area contributed by atoms with Crippen LogP contribution < -0.4 is 4.90 Å². The van der Waals surface area contributed by atoms with Crippen LogP contribution in [-0.2, 0) is 6.54 Å². The maximum atomic E-state index is 4.51. The SMILES string of the molecule is Cc1cccc(N2CCN([C@H](c3ccccc3)c3nnnn3Cc3ccccc3)CC2)c1C. The molecule has 1 aliphatic heterocycles. The Bertz CT molecular complexity index is 1180. The van der Waals surface area contributed by atoms with Gasteiger partial charge in [0.25, 0.3) is 0 Å². The normalized spacial score (nSPS) is 15.5. The molecule has 1 aromatic heterocycles. The van der Waals surface area contributed by atoms with Crippen LogP contribution in [-0.4, -0.2) is 51.3 Å². The van der Waals surface area contributed by atoms with E-state index in [1.54, 1.807) is 0 Å². The summed E-state index contributed by atoms with van der Waals surface area (Å²) < 4.78 is 1.95. The Labute approximate surface area is 195 Å². The van der Waals surface area contributed by atoms with Crippen LogP contribution in [0, 0.1) is 13.8 Å². The van der Waals surface area contributed by atoms with Crippen LogP contribution in [0.3, 0.4) is 0 Å². The smallest absolute Gasteiger partial charge is 0.173 e. The molecule has 0 unspecified atom stereocenters. The van der Waals surface area contributed by atoms with Gasteiger partial charge in [-0.1, -0.05) is 72.8 Å². The highest BCUT2D eigenvalue weighted by atomic mass is 15.6. The van der Waals surface area contributed by atoms with Gasteiger partial charge in [0.1, 0.15) is 0 Å². The monoisotopic (exact) mass is 438 g/mol. The molecule has 0 aliphatic carbocycles. The van der Waals surface area contributed by atoms with E-state index in [9.17, 15) is 0 Å². The van der Waals surface area contributed by atoms with Crippen LogP contribution in [0.4, 0.5) is 5.69 Å². The Balaban J connectivity index is 1.41. The summed E-state index contributed by atoms with van der Waals surface area (Å²) in [5.41, 5.74) is 6.48. The molecular formula is C27H30N6. The Morgan fingerprint density at radius 2 is 1.48 bits per heavy atom. The van der Waals surface area contributed by atoms with Crippen LogP contribution in [0.2, 0.25) is 0 Å². The summed E-state index contributed by atoms with van der Waals surface area (Å²) in [7, 11) is 0. The van der Waals surface area contributed by atoms with Gasteiger partial charge in [-0.05, 0) is 52.6 Å². The molecule has 1 atom stereocenters. The molecule has 33 heavy (non-hydrogen) atoms. The van der Waals surface area contributed by atoms with Crippen molar-refractivity contribution >= 4 is 5.69 Å². The summed E-state index contributed by atoms with van der Waals surface area (Å²) in [5.74, 6) is 0.894. The third-order valence-electron chi connectivity index (χ3n) is 6.69. The third kappa shape index (κ3) is 4.52. The molecular weight excluding hydrogens is 408 g/mol. The second kappa shape index (κ2) is 9.55. The second-order valence-electron chi connectivity index (χ2n) is 8.74. The highest BCUT2D eigenvalue weighted by molar-refractivity contribution is 5.56. The Morgan fingerprint density at radius 1 is 0.788 bits per heavy atom. The second-order valence-corrected chi connectivity index (χ2v) is 8.74. The minimum atomic E-state index is 0.0191. The predicted octanol–water partition coefficient (Wildman–Crippen LogP) is 4.25. The lowest BCUT2D eigenvalue weighted by Crippen LogP contribution is -2.48. The number of anilines is 1. The van der Waals surface area contributed by atoms with Gasteiger partial charge in [-0.25, -0.2) is 4.68 Å².